The molecule has 1 aliphatic carbocycles. The van der Waals surface area contributed by atoms with E-state index in [2.05, 4.69) is 34.9 Å². The van der Waals surface area contributed by atoms with Gasteiger partial charge in [-0.25, -0.2) is 4.79 Å². The van der Waals surface area contributed by atoms with E-state index in [4.69, 9.17) is 9.47 Å². The Labute approximate surface area is 198 Å². The molecule has 0 spiro atoms. The Hall–Kier alpha value is -3.39. The Balaban J connectivity index is 1.26. The minimum absolute atomic E-state index is 0.0242. The number of carbonyl (C=O) groups is 3. The lowest BCUT2D eigenvalue weighted by Crippen LogP contribution is -2.47. The first kappa shape index (κ1) is 23.8. The number of rotatable bonds is 8. The first-order chi connectivity index (χ1) is 16.4. The van der Waals surface area contributed by atoms with Crippen LogP contribution in [0.25, 0.3) is 11.1 Å². The van der Waals surface area contributed by atoms with Crippen molar-refractivity contribution in [2.75, 3.05) is 26.4 Å². The van der Waals surface area contributed by atoms with Crippen molar-refractivity contribution in [3.63, 3.8) is 0 Å². The maximum absolute atomic E-state index is 12.4. The number of carbonyl (C=O) groups excluding carboxylic acids is 2. The van der Waals surface area contributed by atoms with Crippen LogP contribution in [0.15, 0.2) is 48.5 Å². The summed E-state index contributed by atoms with van der Waals surface area (Å²) >= 11 is 0. The zero-order valence-corrected chi connectivity index (χ0v) is 19.2. The van der Waals surface area contributed by atoms with Crippen LogP contribution in [0.3, 0.4) is 0 Å². The van der Waals surface area contributed by atoms with Gasteiger partial charge in [-0.2, -0.15) is 0 Å². The fourth-order valence-electron chi connectivity index (χ4n) is 4.74. The highest BCUT2D eigenvalue weighted by Crippen LogP contribution is 2.44. The topological polar surface area (TPSA) is 114 Å². The normalized spacial score (nSPS) is 17.2. The van der Waals surface area contributed by atoms with Gasteiger partial charge >= 0.3 is 12.1 Å². The number of benzene rings is 2. The third-order valence-corrected chi connectivity index (χ3v) is 6.73. The molecule has 0 saturated carbocycles. The quantitative estimate of drug-likeness (QED) is 0.550. The van der Waals surface area contributed by atoms with Crippen molar-refractivity contribution in [2.45, 2.75) is 38.1 Å². The third-order valence-electron chi connectivity index (χ3n) is 6.73. The van der Waals surface area contributed by atoms with Crippen LogP contribution in [0.2, 0.25) is 0 Å². The Bertz CT molecular complexity index is 1020. The highest BCUT2D eigenvalue weighted by atomic mass is 16.5. The van der Waals surface area contributed by atoms with Crippen LogP contribution >= 0.6 is 0 Å². The molecule has 1 saturated heterocycles. The van der Waals surface area contributed by atoms with Crippen LogP contribution in [-0.4, -0.2) is 55.5 Å². The fourth-order valence-corrected chi connectivity index (χ4v) is 4.74. The Morgan fingerprint density at radius 2 is 1.65 bits per heavy atom. The van der Waals surface area contributed by atoms with E-state index >= 15 is 0 Å². The number of carboxylic acids is 1. The molecule has 2 amide bonds. The molecule has 1 aliphatic heterocycles. The molecular weight excluding hydrogens is 436 g/mol. The number of nitrogens with one attached hydrogen (secondary N) is 2. The molecule has 4 rings (SSSR count). The molecule has 34 heavy (non-hydrogen) atoms. The van der Waals surface area contributed by atoms with E-state index in [0.717, 1.165) is 22.3 Å². The summed E-state index contributed by atoms with van der Waals surface area (Å²) in [5, 5.41) is 15.0. The van der Waals surface area contributed by atoms with Gasteiger partial charge in [0.15, 0.2) is 0 Å². The van der Waals surface area contributed by atoms with Crippen molar-refractivity contribution in [3.8, 4) is 11.1 Å². The number of ether oxygens (including phenoxy) is 2. The summed E-state index contributed by atoms with van der Waals surface area (Å²) in [6.45, 7) is 2.68. The highest BCUT2D eigenvalue weighted by molar-refractivity contribution is 5.81. The zero-order valence-electron chi connectivity index (χ0n) is 19.2. The molecule has 0 aromatic heterocycles. The number of hydrogen-bond acceptors (Lipinski definition) is 5. The summed E-state index contributed by atoms with van der Waals surface area (Å²) in [5.41, 5.74) is 3.56. The minimum Gasteiger partial charge on any atom is -0.481 e. The van der Waals surface area contributed by atoms with Crippen LogP contribution in [0.4, 0.5) is 4.79 Å². The van der Waals surface area contributed by atoms with Gasteiger partial charge in [0.25, 0.3) is 0 Å². The average Bonchev–Trinajstić information content (AvgIpc) is 3.15. The van der Waals surface area contributed by atoms with Crippen molar-refractivity contribution >= 4 is 18.0 Å². The molecule has 2 aromatic carbocycles. The molecule has 0 radical (unpaired) electrons. The molecule has 180 valence electrons. The summed E-state index contributed by atoms with van der Waals surface area (Å²) in [6.07, 6.45) is 0.150. The summed E-state index contributed by atoms with van der Waals surface area (Å²) in [7, 11) is 0. The second kappa shape index (κ2) is 10.3. The first-order valence-electron chi connectivity index (χ1n) is 11.6. The largest absolute Gasteiger partial charge is 0.481 e. The van der Waals surface area contributed by atoms with E-state index in [1.807, 2.05) is 24.3 Å². The van der Waals surface area contributed by atoms with Gasteiger partial charge in [-0.1, -0.05) is 48.5 Å². The molecule has 0 bridgehead atoms. The average molecular weight is 467 g/mol. The third kappa shape index (κ3) is 5.07. The van der Waals surface area contributed by atoms with Gasteiger partial charge in [0.05, 0.1) is 5.41 Å². The van der Waals surface area contributed by atoms with Gasteiger partial charge in [-0.15, -0.1) is 0 Å². The standard InChI is InChI=1S/C26H30N2O6/c1-17(14-23(29)27-16-26(24(30)31)10-12-33-13-11-26)28-25(32)34-15-22-20-8-4-2-6-18(20)19-7-3-5-9-21(19)22/h2-9,17,22H,10-16H2,1H3,(H,27,29)(H,28,32)(H,30,31)/t17-/m1/s1. The molecule has 8 nitrogen and oxygen atoms in total. The molecule has 1 fully saturated rings. The van der Waals surface area contributed by atoms with E-state index in [-0.39, 0.29) is 31.4 Å². The van der Waals surface area contributed by atoms with Crippen LogP contribution in [0, 0.1) is 5.41 Å². The smallest absolute Gasteiger partial charge is 0.407 e. The first-order valence-corrected chi connectivity index (χ1v) is 11.6. The van der Waals surface area contributed by atoms with Gasteiger partial charge < -0.3 is 25.2 Å². The lowest BCUT2D eigenvalue weighted by atomic mass is 9.80. The maximum Gasteiger partial charge on any atom is 0.407 e. The number of alkyl carbamates (subject to hydrolysis) is 1. The van der Waals surface area contributed by atoms with Crippen LogP contribution in [0.1, 0.15) is 43.2 Å². The summed E-state index contributed by atoms with van der Waals surface area (Å²) in [5.74, 6) is -1.29. The Kier molecular flexibility index (Phi) is 7.17. The van der Waals surface area contributed by atoms with Crippen molar-refractivity contribution in [1.29, 1.82) is 0 Å². The molecule has 2 aliphatic rings. The lowest BCUT2D eigenvalue weighted by Gasteiger charge is -2.33. The summed E-state index contributed by atoms with van der Waals surface area (Å²) in [4.78, 5) is 36.5. The van der Waals surface area contributed by atoms with Gasteiger partial charge in [0.2, 0.25) is 5.91 Å². The van der Waals surface area contributed by atoms with Crippen LogP contribution < -0.4 is 10.6 Å². The number of carboxylic acid groups (broad SMARTS) is 1. The predicted molar refractivity (Wildman–Crippen MR) is 125 cm³/mol. The van der Waals surface area contributed by atoms with Gasteiger partial charge in [0.1, 0.15) is 6.61 Å². The molecule has 0 unspecified atom stereocenters. The SMILES string of the molecule is C[C@H](CC(=O)NCC1(C(=O)O)CCOCC1)NC(=O)OCC1c2ccccc2-c2ccccc21. The van der Waals surface area contributed by atoms with Crippen molar-refractivity contribution < 1.29 is 29.0 Å². The second-order valence-electron chi connectivity index (χ2n) is 9.05. The fraction of sp³-hybridized carbons (Fsp3) is 0.423. The summed E-state index contributed by atoms with van der Waals surface area (Å²) < 4.78 is 10.8. The van der Waals surface area contributed by atoms with Gasteiger partial charge in [-0.05, 0) is 42.0 Å². The van der Waals surface area contributed by atoms with E-state index in [9.17, 15) is 19.5 Å². The van der Waals surface area contributed by atoms with Gasteiger partial charge in [0, 0.05) is 38.1 Å². The molecule has 2 aromatic rings. The highest BCUT2D eigenvalue weighted by Gasteiger charge is 2.40. The number of amides is 2. The van der Waals surface area contributed by atoms with E-state index < -0.39 is 23.5 Å². The monoisotopic (exact) mass is 466 g/mol. The number of fused-ring (bicyclic) bond motifs is 3. The van der Waals surface area contributed by atoms with Crippen molar-refractivity contribution in [2.24, 2.45) is 5.41 Å². The van der Waals surface area contributed by atoms with Gasteiger partial charge in [-0.3, -0.25) is 9.59 Å². The van der Waals surface area contributed by atoms with E-state index in [1.165, 1.54) is 0 Å². The molecule has 1 heterocycles. The predicted octanol–water partition coefficient (Wildman–Crippen LogP) is 3.30. The molecule has 1 atom stereocenters. The van der Waals surface area contributed by atoms with Crippen molar-refractivity contribution in [3.05, 3.63) is 59.7 Å². The Morgan fingerprint density at radius 1 is 1.06 bits per heavy atom. The molecule has 8 heteroatoms. The summed E-state index contributed by atoms with van der Waals surface area (Å²) in [6, 6.07) is 15.7. The molecule has 3 N–H and O–H groups in total. The van der Waals surface area contributed by atoms with Crippen LogP contribution in [-0.2, 0) is 19.1 Å². The Morgan fingerprint density at radius 3 is 2.24 bits per heavy atom. The minimum atomic E-state index is -1.00. The van der Waals surface area contributed by atoms with Crippen LogP contribution in [0.5, 0.6) is 0 Å². The second-order valence-corrected chi connectivity index (χ2v) is 9.05. The van der Waals surface area contributed by atoms with E-state index in [0.29, 0.717) is 26.1 Å². The van der Waals surface area contributed by atoms with Crippen molar-refractivity contribution in [1.82, 2.24) is 10.6 Å². The zero-order chi connectivity index (χ0) is 24.1. The number of aliphatic carboxylic acids is 1. The molecular formula is C26H30N2O6. The maximum atomic E-state index is 12.4. The number of hydrogen-bond donors (Lipinski definition) is 3. The van der Waals surface area contributed by atoms with E-state index in [1.54, 1.807) is 6.92 Å². The lowest BCUT2D eigenvalue weighted by molar-refractivity contribution is -0.154.